The van der Waals surface area contributed by atoms with Gasteiger partial charge in [0.25, 0.3) is 0 Å². The molecule has 2 heterocycles. The molecule has 1 aliphatic heterocycles. The first-order valence-electron chi connectivity index (χ1n) is 7.20. The highest BCUT2D eigenvalue weighted by Gasteiger charge is 2.25. The van der Waals surface area contributed by atoms with E-state index in [0.29, 0.717) is 6.04 Å². The fraction of sp³-hybridized carbons (Fsp3) is 0.786. The first kappa shape index (κ1) is 14.3. The summed E-state index contributed by atoms with van der Waals surface area (Å²) in [6, 6.07) is 0.368. The Balaban J connectivity index is 1.91. The van der Waals surface area contributed by atoms with Gasteiger partial charge in [-0.05, 0) is 33.6 Å². The fourth-order valence-electron chi connectivity index (χ4n) is 2.40. The highest BCUT2D eigenvalue weighted by Crippen LogP contribution is 2.19. The Morgan fingerprint density at radius 3 is 3.11 bits per heavy atom. The van der Waals surface area contributed by atoms with Crippen LogP contribution >= 0.6 is 0 Å². The summed E-state index contributed by atoms with van der Waals surface area (Å²) < 4.78 is 13.1. The van der Waals surface area contributed by atoms with E-state index in [9.17, 15) is 0 Å². The van der Waals surface area contributed by atoms with Gasteiger partial charge in [-0.1, -0.05) is 0 Å². The number of hydrogen-bond donors (Lipinski definition) is 1. The van der Waals surface area contributed by atoms with Crippen molar-refractivity contribution in [2.24, 2.45) is 0 Å². The summed E-state index contributed by atoms with van der Waals surface area (Å²) in [5.41, 5.74) is 1.05. The lowest BCUT2D eigenvalue weighted by atomic mass is 10.2. The molecule has 0 bridgehead atoms. The predicted molar refractivity (Wildman–Crippen MR) is 75.5 cm³/mol. The number of aromatic nitrogens is 2. The largest absolute Gasteiger partial charge is 0.382 e. The minimum Gasteiger partial charge on any atom is -0.382 e. The van der Waals surface area contributed by atoms with Crippen molar-refractivity contribution < 1.29 is 9.47 Å². The second kappa shape index (κ2) is 6.91. The van der Waals surface area contributed by atoms with E-state index in [-0.39, 0.29) is 6.10 Å². The maximum atomic E-state index is 5.58. The first-order valence-corrected chi connectivity index (χ1v) is 7.20. The van der Waals surface area contributed by atoms with Crippen molar-refractivity contribution in [3.05, 3.63) is 11.9 Å². The molecular weight excluding hydrogens is 242 g/mol. The molecule has 2 atom stereocenters. The minimum atomic E-state index is 0.258. The average Bonchev–Trinajstić information content (AvgIpc) is 2.93. The Morgan fingerprint density at radius 2 is 2.42 bits per heavy atom. The first-order chi connectivity index (χ1) is 9.20. The summed E-state index contributed by atoms with van der Waals surface area (Å²) in [4.78, 5) is 4.56. The predicted octanol–water partition coefficient (Wildman–Crippen LogP) is 2.21. The quantitative estimate of drug-likeness (QED) is 0.769. The minimum absolute atomic E-state index is 0.258. The van der Waals surface area contributed by atoms with E-state index >= 15 is 0 Å². The SMILES string of the molecule is CCOCCCn1cc(C)nc1NC1CCOC1C. The van der Waals surface area contributed by atoms with Crippen molar-refractivity contribution in [2.75, 3.05) is 25.1 Å². The number of anilines is 1. The third kappa shape index (κ3) is 3.94. The van der Waals surface area contributed by atoms with Gasteiger partial charge in [-0.25, -0.2) is 4.98 Å². The van der Waals surface area contributed by atoms with E-state index in [1.807, 2.05) is 13.8 Å². The second-order valence-corrected chi connectivity index (χ2v) is 5.07. The Kier molecular flexibility index (Phi) is 5.22. The topological polar surface area (TPSA) is 48.3 Å². The van der Waals surface area contributed by atoms with Crippen molar-refractivity contribution in [2.45, 2.75) is 52.3 Å². The van der Waals surface area contributed by atoms with E-state index < -0.39 is 0 Å². The maximum absolute atomic E-state index is 5.58. The summed E-state index contributed by atoms with van der Waals surface area (Å²) in [6.45, 7) is 9.52. The van der Waals surface area contributed by atoms with Crippen LogP contribution in [-0.2, 0) is 16.0 Å². The normalized spacial score (nSPS) is 22.9. The zero-order valence-electron chi connectivity index (χ0n) is 12.2. The van der Waals surface area contributed by atoms with Gasteiger partial charge in [0.2, 0.25) is 5.95 Å². The summed E-state index contributed by atoms with van der Waals surface area (Å²) in [5.74, 6) is 0.955. The molecule has 1 aromatic rings. The molecule has 1 saturated heterocycles. The van der Waals surface area contributed by atoms with Gasteiger partial charge in [0.15, 0.2) is 0 Å². The molecule has 1 aliphatic rings. The van der Waals surface area contributed by atoms with Gasteiger partial charge in [0.05, 0.1) is 17.8 Å². The van der Waals surface area contributed by atoms with Gasteiger partial charge < -0.3 is 19.4 Å². The van der Waals surface area contributed by atoms with Crippen LogP contribution < -0.4 is 5.32 Å². The molecular formula is C14H25N3O2. The van der Waals surface area contributed by atoms with Crippen LogP contribution in [0.2, 0.25) is 0 Å². The lowest BCUT2D eigenvalue weighted by Crippen LogP contribution is -2.28. The summed E-state index contributed by atoms with van der Waals surface area (Å²) >= 11 is 0. The van der Waals surface area contributed by atoms with Crippen LogP contribution in [-0.4, -0.2) is 41.5 Å². The molecule has 1 fully saturated rings. The van der Waals surface area contributed by atoms with Crippen molar-refractivity contribution >= 4 is 5.95 Å². The van der Waals surface area contributed by atoms with Gasteiger partial charge in [-0.3, -0.25) is 0 Å². The van der Waals surface area contributed by atoms with Crippen LogP contribution in [0.1, 0.15) is 32.4 Å². The molecule has 0 saturated carbocycles. The molecule has 19 heavy (non-hydrogen) atoms. The molecule has 5 nitrogen and oxygen atoms in total. The Labute approximate surface area is 115 Å². The zero-order valence-corrected chi connectivity index (χ0v) is 12.2. The Bertz CT molecular complexity index is 392. The smallest absolute Gasteiger partial charge is 0.203 e. The fourth-order valence-corrected chi connectivity index (χ4v) is 2.40. The second-order valence-electron chi connectivity index (χ2n) is 5.07. The molecule has 5 heteroatoms. The zero-order chi connectivity index (χ0) is 13.7. The van der Waals surface area contributed by atoms with Crippen molar-refractivity contribution in [1.82, 2.24) is 9.55 Å². The molecule has 2 unspecified atom stereocenters. The van der Waals surface area contributed by atoms with Crippen molar-refractivity contribution in [1.29, 1.82) is 0 Å². The van der Waals surface area contributed by atoms with Crippen LogP contribution in [0.25, 0.3) is 0 Å². The highest BCUT2D eigenvalue weighted by atomic mass is 16.5. The molecule has 0 amide bonds. The van der Waals surface area contributed by atoms with Gasteiger partial charge in [0.1, 0.15) is 0 Å². The number of hydrogen-bond acceptors (Lipinski definition) is 4. The molecule has 0 aliphatic carbocycles. The van der Waals surface area contributed by atoms with Gasteiger partial charge >= 0.3 is 0 Å². The van der Waals surface area contributed by atoms with Crippen LogP contribution in [0, 0.1) is 6.92 Å². The number of nitrogens with one attached hydrogen (secondary N) is 1. The number of aryl methyl sites for hydroxylation is 2. The lowest BCUT2D eigenvalue weighted by molar-refractivity contribution is 0.121. The van der Waals surface area contributed by atoms with E-state index in [0.717, 1.165) is 50.8 Å². The van der Waals surface area contributed by atoms with Gasteiger partial charge in [-0.2, -0.15) is 0 Å². The third-order valence-electron chi connectivity index (χ3n) is 3.48. The standard InChI is InChI=1S/C14H25N3O2/c1-4-18-8-5-7-17-10-11(2)15-14(17)16-13-6-9-19-12(13)3/h10,12-13H,4-9H2,1-3H3,(H,15,16). The summed E-state index contributed by atoms with van der Waals surface area (Å²) in [5, 5.41) is 3.51. The number of rotatable bonds is 7. The van der Waals surface area contributed by atoms with E-state index in [1.165, 1.54) is 0 Å². The van der Waals surface area contributed by atoms with Crippen LogP contribution in [0.4, 0.5) is 5.95 Å². The van der Waals surface area contributed by atoms with Gasteiger partial charge in [-0.15, -0.1) is 0 Å². The molecule has 108 valence electrons. The van der Waals surface area contributed by atoms with Crippen molar-refractivity contribution in [3.8, 4) is 0 Å². The maximum Gasteiger partial charge on any atom is 0.203 e. The molecule has 1 N–H and O–H groups in total. The van der Waals surface area contributed by atoms with E-state index in [1.54, 1.807) is 0 Å². The number of imidazole rings is 1. The van der Waals surface area contributed by atoms with Gasteiger partial charge in [0, 0.05) is 32.6 Å². The molecule has 0 spiro atoms. The molecule has 0 radical (unpaired) electrons. The average molecular weight is 267 g/mol. The van der Waals surface area contributed by atoms with Crippen LogP contribution in [0.5, 0.6) is 0 Å². The van der Waals surface area contributed by atoms with Crippen molar-refractivity contribution in [3.63, 3.8) is 0 Å². The Hall–Kier alpha value is -1.07. The monoisotopic (exact) mass is 267 g/mol. The molecule has 2 rings (SSSR count). The number of ether oxygens (including phenoxy) is 2. The van der Waals surface area contributed by atoms with E-state index in [4.69, 9.17) is 9.47 Å². The molecule has 0 aromatic carbocycles. The highest BCUT2D eigenvalue weighted by molar-refractivity contribution is 5.31. The van der Waals surface area contributed by atoms with Crippen LogP contribution in [0.15, 0.2) is 6.20 Å². The summed E-state index contributed by atoms with van der Waals surface area (Å²) in [6.07, 6.45) is 4.41. The Morgan fingerprint density at radius 1 is 1.58 bits per heavy atom. The van der Waals surface area contributed by atoms with Crippen LogP contribution in [0.3, 0.4) is 0 Å². The van der Waals surface area contributed by atoms with E-state index in [2.05, 4.69) is 28.0 Å². The molecule has 1 aromatic heterocycles. The third-order valence-corrected chi connectivity index (χ3v) is 3.48. The summed E-state index contributed by atoms with van der Waals surface area (Å²) in [7, 11) is 0. The lowest BCUT2D eigenvalue weighted by Gasteiger charge is -2.17. The number of nitrogens with zero attached hydrogens (tertiary/aromatic N) is 2.